The van der Waals surface area contributed by atoms with Gasteiger partial charge in [-0.15, -0.1) is 0 Å². The van der Waals surface area contributed by atoms with E-state index in [2.05, 4.69) is 101 Å². The molecule has 0 fully saturated rings. The van der Waals surface area contributed by atoms with Crippen LogP contribution in [0.3, 0.4) is 0 Å². The number of nitrogens with one attached hydrogen (secondary N) is 1. The predicted molar refractivity (Wildman–Crippen MR) is 133 cm³/mol. The van der Waals surface area contributed by atoms with Crippen LogP contribution in [0.5, 0.6) is 0 Å². The van der Waals surface area contributed by atoms with Crippen molar-refractivity contribution in [3.63, 3.8) is 0 Å². The number of aromatic amines is 1. The van der Waals surface area contributed by atoms with Gasteiger partial charge in [-0.1, -0.05) is 84.9 Å². The molecule has 3 nitrogen and oxygen atoms in total. The number of benzene rings is 4. The van der Waals surface area contributed by atoms with E-state index in [1.165, 1.54) is 21.7 Å². The number of H-pyrrole nitrogens is 1. The second-order valence-electron chi connectivity index (χ2n) is 8.39. The maximum atomic E-state index is 11.3. The van der Waals surface area contributed by atoms with Gasteiger partial charge < -0.3 is 14.7 Å². The molecule has 4 aromatic carbocycles. The molecule has 0 bridgehead atoms. The first-order valence-electron chi connectivity index (χ1n) is 11.1. The summed E-state index contributed by atoms with van der Waals surface area (Å²) >= 11 is 0. The quantitative estimate of drug-likeness (QED) is 0.329. The van der Waals surface area contributed by atoms with Gasteiger partial charge >= 0.3 is 0 Å². The Morgan fingerprint density at radius 2 is 1.22 bits per heavy atom. The lowest BCUT2D eigenvalue weighted by molar-refractivity contribution is 0.157. The van der Waals surface area contributed by atoms with Gasteiger partial charge in [-0.25, -0.2) is 0 Å². The van der Waals surface area contributed by atoms with Crippen LogP contribution in [0.25, 0.3) is 44.0 Å². The summed E-state index contributed by atoms with van der Waals surface area (Å²) in [6, 6.07) is 35.6. The number of para-hydroxylation sites is 3. The van der Waals surface area contributed by atoms with Crippen LogP contribution in [0.1, 0.15) is 5.56 Å². The van der Waals surface area contributed by atoms with Crippen molar-refractivity contribution in [2.45, 2.75) is 19.1 Å². The summed E-state index contributed by atoms with van der Waals surface area (Å²) in [6.07, 6.45) is 0.0607. The zero-order valence-electron chi connectivity index (χ0n) is 17.7. The van der Waals surface area contributed by atoms with E-state index < -0.39 is 6.10 Å². The van der Waals surface area contributed by atoms with E-state index >= 15 is 0 Å². The molecule has 0 spiro atoms. The van der Waals surface area contributed by atoms with Crippen LogP contribution in [0.15, 0.2) is 103 Å². The van der Waals surface area contributed by atoms with Crippen LogP contribution < -0.4 is 0 Å². The van der Waals surface area contributed by atoms with E-state index in [9.17, 15) is 5.11 Å². The smallest absolute Gasteiger partial charge is 0.0760 e. The molecule has 6 aromatic rings. The summed E-state index contributed by atoms with van der Waals surface area (Å²) in [4.78, 5) is 3.59. The van der Waals surface area contributed by atoms with Crippen LogP contribution in [0.2, 0.25) is 0 Å². The van der Waals surface area contributed by atoms with Gasteiger partial charge in [0.05, 0.1) is 6.10 Å². The van der Waals surface area contributed by atoms with Crippen molar-refractivity contribution in [3.8, 4) is 11.3 Å². The van der Waals surface area contributed by atoms with Crippen molar-refractivity contribution >= 4 is 32.7 Å². The van der Waals surface area contributed by atoms with Gasteiger partial charge in [-0.2, -0.15) is 0 Å². The highest BCUT2D eigenvalue weighted by Crippen LogP contribution is 2.33. The normalized spacial score (nSPS) is 12.7. The Morgan fingerprint density at radius 1 is 0.656 bits per heavy atom. The SMILES string of the molecule is OC(Cc1c(-c2ccccc2)[nH]c2ccccc12)Cn1c2ccccc2c2ccccc21. The summed E-state index contributed by atoms with van der Waals surface area (Å²) in [6.45, 7) is 0.543. The highest BCUT2D eigenvalue weighted by Gasteiger charge is 2.18. The van der Waals surface area contributed by atoms with E-state index in [-0.39, 0.29) is 0 Å². The van der Waals surface area contributed by atoms with Crippen molar-refractivity contribution in [3.05, 3.63) is 109 Å². The number of rotatable bonds is 5. The average molecular weight is 417 g/mol. The van der Waals surface area contributed by atoms with E-state index in [1.807, 2.05) is 12.1 Å². The molecule has 2 aromatic heterocycles. The molecule has 156 valence electrons. The molecule has 0 saturated heterocycles. The summed E-state index contributed by atoms with van der Waals surface area (Å²) in [5.41, 5.74) is 6.83. The number of aliphatic hydroxyl groups excluding tert-OH is 1. The highest BCUT2D eigenvalue weighted by molar-refractivity contribution is 6.08. The molecule has 0 radical (unpaired) electrons. The minimum atomic E-state index is -0.518. The van der Waals surface area contributed by atoms with Crippen LogP contribution in [-0.2, 0) is 13.0 Å². The molecular formula is C29H24N2O. The number of aliphatic hydroxyl groups is 1. The lowest BCUT2D eigenvalue weighted by Gasteiger charge is -2.15. The molecule has 0 aliphatic carbocycles. The molecule has 6 rings (SSSR count). The van der Waals surface area contributed by atoms with Crippen LogP contribution in [-0.4, -0.2) is 20.8 Å². The van der Waals surface area contributed by atoms with Gasteiger partial charge in [0.15, 0.2) is 0 Å². The number of aromatic nitrogens is 2. The van der Waals surface area contributed by atoms with E-state index in [1.54, 1.807) is 0 Å². The second kappa shape index (κ2) is 7.70. The maximum Gasteiger partial charge on any atom is 0.0760 e. The fourth-order valence-corrected chi connectivity index (χ4v) is 4.97. The zero-order valence-corrected chi connectivity index (χ0v) is 17.7. The Morgan fingerprint density at radius 3 is 1.91 bits per heavy atom. The predicted octanol–water partition coefficient (Wildman–Crippen LogP) is 6.55. The summed E-state index contributed by atoms with van der Waals surface area (Å²) in [7, 11) is 0. The van der Waals surface area contributed by atoms with Crippen LogP contribution >= 0.6 is 0 Å². The van der Waals surface area contributed by atoms with Crippen LogP contribution in [0, 0.1) is 0 Å². The standard InChI is InChI=1S/C29H24N2O/c32-21(19-31-27-16-8-5-13-23(27)24-14-6-9-17-28(24)31)18-25-22-12-4-7-15-26(22)30-29(25)20-10-2-1-3-11-20/h1-17,21,30,32H,18-19H2. The molecule has 0 saturated carbocycles. The highest BCUT2D eigenvalue weighted by atomic mass is 16.3. The first kappa shape index (κ1) is 18.9. The molecule has 32 heavy (non-hydrogen) atoms. The van der Waals surface area contributed by atoms with Crippen molar-refractivity contribution in [2.75, 3.05) is 0 Å². The Kier molecular flexibility index (Phi) is 4.55. The van der Waals surface area contributed by atoms with E-state index in [0.29, 0.717) is 13.0 Å². The van der Waals surface area contributed by atoms with Crippen molar-refractivity contribution < 1.29 is 5.11 Å². The topological polar surface area (TPSA) is 40.9 Å². The summed E-state index contributed by atoms with van der Waals surface area (Å²) < 4.78 is 2.26. The largest absolute Gasteiger partial charge is 0.391 e. The lowest BCUT2D eigenvalue weighted by atomic mass is 10.00. The maximum absolute atomic E-state index is 11.3. The first-order chi connectivity index (χ1) is 15.8. The number of fused-ring (bicyclic) bond motifs is 4. The van der Waals surface area contributed by atoms with Crippen molar-refractivity contribution in [1.82, 2.24) is 9.55 Å². The minimum Gasteiger partial charge on any atom is -0.391 e. The molecule has 0 aliphatic rings. The molecule has 1 unspecified atom stereocenters. The molecule has 2 N–H and O–H groups in total. The Hall–Kier alpha value is -3.82. The minimum absolute atomic E-state index is 0.518. The first-order valence-corrected chi connectivity index (χ1v) is 11.1. The van der Waals surface area contributed by atoms with Crippen LogP contribution in [0.4, 0.5) is 0 Å². The van der Waals surface area contributed by atoms with Gasteiger partial charge in [0.2, 0.25) is 0 Å². The average Bonchev–Trinajstić information content (AvgIpc) is 3.36. The third-order valence-electron chi connectivity index (χ3n) is 6.39. The third kappa shape index (κ3) is 3.10. The summed E-state index contributed by atoms with van der Waals surface area (Å²) in [5, 5.41) is 14.9. The van der Waals surface area contributed by atoms with Crippen molar-refractivity contribution in [1.29, 1.82) is 0 Å². The second-order valence-corrected chi connectivity index (χ2v) is 8.39. The molecule has 2 heterocycles. The molecule has 1 atom stereocenters. The third-order valence-corrected chi connectivity index (χ3v) is 6.39. The zero-order chi connectivity index (χ0) is 21.5. The molecule has 0 amide bonds. The van der Waals surface area contributed by atoms with Gasteiger partial charge in [-0.05, 0) is 29.3 Å². The monoisotopic (exact) mass is 416 g/mol. The molecule has 3 heteroatoms. The lowest BCUT2D eigenvalue weighted by Crippen LogP contribution is -2.18. The summed E-state index contributed by atoms with van der Waals surface area (Å²) in [5.74, 6) is 0. The number of hydrogen-bond acceptors (Lipinski definition) is 1. The van der Waals surface area contributed by atoms with E-state index in [0.717, 1.165) is 27.8 Å². The Balaban J connectivity index is 1.42. The fraction of sp³-hybridized carbons (Fsp3) is 0.103. The van der Waals surface area contributed by atoms with Gasteiger partial charge in [-0.3, -0.25) is 0 Å². The number of nitrogens with zero attached hydrogens (tertiary/aromatic N) is 1. The Labute approximate surface area is 186 Å². The van der Waals surface area contributed by atoms with Gasteiger partial charge in [0, 0.05) is 51.4 Å². The Bertz CT molecular complexity index is 1490. The number of hydrogen-bond donors (Lipinski definition) is 2. The van der Waals surface area contributed by atoms with Gasteiger partial charge in [0.1, 0.15) is 0 Å². The van der Waals surface area contributed by atoms with Crippen molar-refractivity contribution in [2.24, 2.45) is 0 Å². The molecule has 0 aliphatic heterocycles. The van der Waals surface area contributed by atoms with E-state index in [4.69, 9.17) is 0 Å². The fourth-order valence-electron chi connectivity index (χ4n) is 4.97. The van der Waals surface area contributed by atoms with Gasteiger partial charge in [0.25, 0.3) is 0 Å². The molecular weight excluding hydrogens is 392 g/mol.